The molecule has 6 aliphatic carbocycles. The van der Waals surface area contributed by atoms with Crippen LogP contribution in [-0.4, -0.2) is 20.3 Å². The molecule has 768 valence electrons. The van der Waals surface area contributed by atoms with Gasteiger partial charge in [0.15, 0.2) is 11.6 Å². The van der Waals surface area contributed by atoms with Gasteiger partial charge in [-0.1, -0.05) is 208 Å². The third-order valence-corrected chi connectivity index (χ3v) is 28.1. The van der Waals surface area contributed by atoms with Crippen LogP contribution in [0.25, 0.3) is 43.1 Å². The van der Waals surface area contributed by atoms with Crippen molar-refractivity contribution in [1.29, 1.82) is 0 Å². The highest BCUT2D eigenvalue weighted by atomic mass is 19.4. The molecule has 0 aromatic heterocycles. The zero-order valence-corrected chi connectivity index (χ0v) is 87.3. The monoisotopic (exact) mass is 1990 g/mol. The smallest absolute Gasteiger partial charge is 0.416 e. The highest BCUT2D eigenvalue weighted by molar-refractivity contribution is 5.87. The van der Waals surface area contributed by atoms with Gasteiger partial charge in [-0.25, -0.2) is 43.9 Å². The number of fused-ring (bicyclic) bond motifs is 10. The van der Waals surface area contributed by atoms with Crippen LogP contribution in [0.3, 0.4) is 0 Å². The zero-order valence-electron chi connectivity index (χ0n) is 87.3. The summed E-state index contributed by atoms with van der Waals surface area (Å²) in [6.07, 6.45) is 11.8. The van der Waals surface area contributed by atoms with E-state index in [-0.39, 0.29) is 29.7 Å². The number of alkyl halides is 10. The summed E-state index contributed by atoms with van der Waals surface area (Å²) in [5.74, 6) is 3.56. The summed E-state index contributed by atoms with van der Waals surface area (Å²) < 4.78 is 208. The van der Waals surface area contributed by atoms with E-state index >= 15 is 0 Å². The van der Waals surface area contributed by atoms with Gasteiger partial charge in [0.2, 0.25) is 13.7 Å². The molecule has 0 amide bonds. The Hall–Kier alpha value is -11.5. The van der Waals surface area contributed by atoms with Crippen LogP contribution >= 0.6 is 0 Å². The molecule has 0 fully saturated rings. The first-order valence-electron chi connectivity index (χ1n) is 50.5. The molecule has 0 radical (unpaired) electrons. The van der Waals surface area contributed by atoms with Crippen molar-refractivity contribution >= 4 is 43.1 Å². The van der Waals surface area contributed by atoms with Gasteiger partial charge in [-0.15, -0.1) is 0 Å². The van der Waals surface area contributed by atoms with Gasteiger partial charge in [0, 0.05) is 21.7 Å². The Kier molecular flexibility index (Phi) is 40.3. The summed E-state index contributed by atoms with van der Waals surface area (Å²) in [7, 11) is 0. The molecule has 0 spiro atoms. The lowest BCUT2D eigenvalue weighted by molar-refractivity contribution is -0.138. The first-order chi connectivity index (χ1) is 68.2. The predicted octanol–water partition coefficient (Wildman–Crippen LogP) is 36.9. The molecule has 20 rings (SSSR count). The van der Waals surface area contributed by atoms with E-state index in [2.05, 4.69) is 76.6 Å². The van der Waals surface area contributed by atoms with Crippen LogP contribution in [0.5, 0.6) is 17.2 Å². The number of halogens is 15. The van der Waals surface area contributed by atoms with E-state index in [9.17, 15) is 65.9 Å². The predicted molar refractivity (Wildman–Crippen MR) is 562 cm³/mol. The Morgan fingerprint density at radius 2 is 0.639 bits per heavy atom. The summed E-state index contributed by atoms with van der Waals surface area (Å²) in [6, 6.07) is 58.7. The summed E-state index contributed by atoms with van der Waals surface area (Å²) in [5, 5.41) is 6.55. The summed E-state index contributed by atoms with van der Waals surface area (Å²) in [6.45, 7) is 35.1. The normalized spacial score (nSPS) is 16.7. The average molecular weight is 1990 g/mol. The fourth-order valence-corrected chi connectivity index (χ4v) is 20.6. The van der Waals surface area contributed by atoms with E-state index in [1.807, 2.05) is 178 Å². The van der Waals surface area contributed by atoms with Crippen LogP contribution in [0.1, 0.15) is 248 Å². The zero-order chi connectivity index (χ0) is 105. The van der Waals surface area contributed by atoms with Gasteiger partial charge < -0.3 is 14.2 Å². The fraction of sp³-hybridized carbons (Fsp3) is 0.397. The van der Waals surface area contributed by atoms with Crippen LogP contribution in [0.15, 0.2) is 188 Å². The maximum absolute atomic E-state index is 13.5. The minimum atomic E-state index is -4.22. The second-order valence-corrected chi connectivity index (χ2v) is 41.5. The SMILES string of the molecule is Cc1cc(CF)c2c(c1)CCC(C)C2.Cc1cc(F)c2cc(C)ccc2c1.Cc1cc2c(c(C(F)(F)F)c1)CC(C)CC2.Cc1cc2c(c(C(F)F)c1)CC(C)CC2.Cc1cc2c(c(OC(F)F)c1)CC(C)CC2.Cc1cc2c(c(OCF)c1)CC(C)CC2.Cc1cc2c(c(OCF)c1)CC(C)CC2.Cc1ccc2c(F)c(C)ccc2c1.Cc1ccc2cc(C)c(F)c(F)c2c1.Cc1ccc2cc(C)c(F)cc2c1. The van der Waals surface area contributed by atoms with Gasteiger partial charge in [0.25, 0.3) is 6.43 Å². The molecular weight excluding hydrogens is 1850 g/mol. The number of aryl methyl sites for hydroxylation is 20. The largest absolute Gasteiger partial charge is 0.463 e. The van der Waals surface area contributed by atoms with Gasteiger partial charge in [0.05, 0.1) is 5.56 Å². The van der Waals surface area contributed by atoms with Crippen LogP contribution in [0.2, 0.25) is 0 Å². The van der Waals surface area contributed by atoms with Crippen LogP contribution in [-0.2, 0) is 89.9 Å². The van der Waals surface area contributed by atoms with E-state index in [1.54, 1.807) is 70.2 Å². The average Bonchev–Trinajstić information content (AvgIpc) is 0.779. The van der Waals surface area contributed by atoms with Crippen molar-refractivity contribution in [3.63, 3.8) is 0 Å². The first-order valence-corrected chi connectivity index (χ1v) is 50.5. The molecule has 6 aliphatic rings. The van der Waals surface area contributed by atoms with E-state index in [1.165, 1.54) is 69.8 Å². The van der Waals surface area contributed by atoms with E-state index in [4.69, 9.17) is 9.47 Å². The minimum absolute atomic E-state index is 0.0995. The van der Waals surface area contributed by atoms with Crippen LogP contribution < -0.4 is 14.2 Å². The van der Waals surface area contributed by atoms with E-state index in [0.29, 0.717) is 85.7 Å². The van der Waals surface area contributed by atoms with Crippen LogP contribution in [0.4, 0.5) is 65.9 Å². The fourth-order valence-electron chi connectivity index (χ4n) is 20.6. The quantitative estimate of drug-likeness (QED) is 0.142. The second kappa shape index (κ2) is 51.5. The summed E-state index contributed by atoms with van der Waals surface area (Å²) in [4.78, 5) is 0. The lowest BCUT2D eigenvalue weighted by atomic mass is 9.81. The molecule has 18 heteroatoms. The maximum Gasteiger partial charge on any atom is 0.416 e. The Balaban J connectivity index is 0.000000153. The van der Waals surface area contributed by atoms with Gasteiger partial charge in [-0.05, 0) is 447 Å². The van der Waals surface area contributed by atoms with Crippen molar-refractivity contribution in [3.8, 4) is 17.2 Å². The molecule has 14 aromatic carbocycles. The Morgan fingerprint density at radius 1 is 0.285 bits per heavy atom. The lowest BCUT2D eigenvalue weighted by Crippen LogP contribution is -2.18. The molecule has 0 N–H and O–H groups in total. The number of rotatable bonds is 8. The number of benzene rings is 14. The molecule has 0 bridgehead atoms. The third kappa shape index (κ3) is 31.0. The lowest BCUT2D eigenvalue weighted by Gasteiger charge is -2.25. The molecule has 6 unspecified atom stereocenters. The standard InChI is InChI=1S/C13H15F3.C13H16F2O.C13H16F2.2C13H17FO.C13H17F.C12H10F2.3C12H11F/c1-8-3-4-10-5-9(2)7-12(11(10)6-8)13(14,15)16;1-8-3-4-10-5-9(2)7-12(11(10)6-8)16-13(14)15;1-8-3-4-10-5-9(2)7-12(13(14)15)11(10)6-8;2*1-9-3-4-11-5-10(2)7-13(15-8-14)12(11)6-9;1-9-3-4-11-5-10(2)6-12(8-14)13(11)7-9;1-7-3-4-9-6-8(2)11(13)12(14)10(9)5-7;1-8-3-6-11-10(7-8)5-4-9(2)12(11)13;1-8-3-4-10-5-9(2)7-12(13)11(10)6-8;1-8-3-4-10-6-9(2)12(13)7-11(10)5-8/h5,7-8H,3-4,6H2,1-2H3;5,7-8,13H,3-4,6H2,1-2H3;5,7-8,13H,3-4,6H2,1-2H3;2*5,7,9H,3-4,6,8H2,1-2H3;5-6,9H,3-4,7-8H2,1-2H3;3-6H,1-2H3;3*3-7H,1-2H3. The molecule has 144 heavy (non-hydrogen) atoms. The van der Waals surface area contributed by atoms with Crippen molar-refractivity contribution in [2.24, 2.45) is 35.5 Å². The Labute approximate surface area is 843 Å². The molecule has 6 atom stereocenters. The Bertz CT molecular complexity index is 6650. The van der Waals surface area contributed by atoms with Crippen molar-refractivity contribution in [3.05, 3.63) is 378 Å². The number of hydrogen-bond acceptors (Lipinski definition) is 3. The van der Waals surface area contributed by atoms with Gasteiger partial charge in [0.1, 0.15) is 41.4 Å². The molecule has 0 aliphatic heterocycles. The van der Waals surface area contributed by atoms with Crippen molar-refractivity contribution < 1.29 is 80.1 Å². The topological polar surface area (TPSA) is 27.7 Å². The number of hydrogen-bond donors (Lipinski definition) is 0. The molecular formula is C126H141F15O3. The van der Waals surface area contributed by atoms with Gasteiger partial charge in [-0.3, -0.25) is 0 Å². The van der Waals surface area contributed by atoms with E-state index in [0.717, 1.165) is 212 Å². The Morgan fingerprint density at radius 3 is 1.11 bits per heavy atom. The van der Waals surface area contributed by atoms with Crippen molar-refractivity contribution in [1.82, 2.24) is 0 Å². The summed E-state index contributed by atoms with van der Waals surface area (Å²) >= 11 is 0. The molecule has 0 saturated carbocycles. The molecule has 0 heterocycles. The van der Waals surface area contributed by atoms with Crippen molar-refractivity contribution in [2.75, 3.05) is 13.7 Å². The second-order valence-electron chi connectivity index (χ2n) is 41.5. The number of ether oxygens (including phenoxy) is 3. The van der Waals surface area contributed by atoms with Crippen molar-refractivity contribution in [2.45, 2.75) is 280 Å². The highest BCUT2D eigenvalue weighted by Gasteiger charge is 2.36. The molecule has 3 nitrogen and oxygen atoms in total. The van der Waals surface area contributed by atoms with E-state index < -0.39 is 50.1 Å². The first kappa shape index (κ1) is 113. The minimum Gasteiger partial charge on any atom is -0.463 e. The molecule has 0 saturated heterocycles. The third-order valence-electron chi connectivity index (χ3n) is 28.1. The summed E-state index contributed by atoms with van der Waals surface area (Å²) in [5.41, 5.74) is 27.4. The maximum atomic E-state index is 13.5. The highest BCUT2D eigenvalue weighted by Crippen LogP contribution is 2.43. The van der Waals surface area contributed by atoms with Gasteiger partial charge in [-0.2, -0.15) is 22.0 Å². The molecule has 14 aromatic rings. The van der Waals surface area contributed by atoms with Crippen LogP contribution in [0, 0.1) is 162 Å². The van der Waals surface area contributed by atoms with Gasteiger partial charge >= 0.3 is 12.8 Å².